The molecule has 0 aliphatic carbocycles. The summed E-state index contributed by atoms with van der Waals surface area (Å²) in [5.74, 6) is 0.390. The molecule has 4 nitrogen and oxygen atoms in total. The van der Waals surface area contributed by atoms with Gasteiger partial charge in [0.05, 0.1) is 13.2 Å². The van der Waals surface area contributed by atoms with Crippen LogP contribution in [-0.2, 0) is 24.4 Å². The van der Waals surface area contributed by atoms with Gasteiger partial charge >= 0.3 is 0 Å². The number of amides is 1. The molecular weight excluding hydrogens is 343 g/mol. The average molecular weight is 370 g/mol. The van der Waals surface area contributed by atoms with Crippen molar-refractivity contribution in [1.29, 1.82) is 0 Å². The topological polar surface area (TPSA) is 43.8 Å². The summed E-state index contributed by atoms with van der Waals surface area (Å²) < 4.78 is 13.0. The lowest BCUT2D eigenvalue weighted by Crippen LogP contribution is -2.37. The first-order valence-electron chi connectivity index (χ1n) is 9.43. The van der Waals surface area contributed by atoms with E-state index in [1.54, 1.807) is 12.1 Å². The number of likely N-dealkylation sites (tertiary alicyclic amines) is 1. The normalized spacial score (nSPS) is 16.9. The lowest BCUT2D eigenvalue weighted by Gasteiger charge is -2.22. The molecule has 144 valence electrons. The minimum Gasteiger partial charge on any atom is -0.392 e. The van der Waals surface area contributed by atoms with Gasteiger partial charge < -0.3 is 10.0 Å². The molecular formula is C22H27FN2O2. The maximum Gasteiger partial charge on any atom is 0.236 e. The summed E-state index contributed by atoms with van der Waals surface area (Å²) in [6.07, 6.45) is 1.98. The third-order valence-corrected chi connectivity index (χ3v) is 5.14. The second-order valence-electron chi connectivity index (χ2n) is 7.47. The Morgan fingerprint density at radius 1 is 1.11 bits per heavy atom. The van der Waals surface area contributed by atoms with Crippen LogP contribution in [0.1, 0.15) is 23.1 Å². The Hall–Kier alpha value is -2.24. The highest BCUT2D eigenvalue weighted by atomic mass is 19.1. The molecule has 1 fully saturated rings. The number of hydrogen-bond donors (Lipinski definition) is 1. The van der Waals surface area contributed by atoms with Crippen LogP contribution in [0.5, 0.6) is 0 Å². The predicted molar refractivity (Wildman–Crippen MR) is 103 cm³/mol. The predicted octanol–water partition coefficient (Wildman–Crippen LogP) is 2.84. The van der Waals surface area contributed by atoms with E-state index in [0.717, 1.165) is 37.1 Å². The van der Waals surface area contributed by atoms with Crippen LogP contribution in [0.4, 0.5) is 4.39 Å². The van der Waals surface area contributed by atoms with Crippen LogP contribution in [0.25, 0.3) is 0 Å². The summed E-state index contributed by atoms with van der Waals surface area (Å²) in [5.41, 5.74) is 3.17. The molecule has 0 aromatic heterocycles. The van der Waals surface area contributed by atoms with Crippen LogP contribution in [0.3, 0.4) is 0 Å². The molecule has 1 amide bonds. The van der Waals surface area contributed by atoms with Crippen molar-refractivity contribution in [3.05, 3.63) is 71.0 Å². The molecule has 2 aromatic carbocycles. The fourth-order valence-electron chi connectivity index (χ4n) is 3.63. The summed E-state index contributed by atoms with van der Waals surface area (Å²) in [5, 5.41) is 9.12. The maximum absolute atomic E-state index is 13.0. The van der Waals surface area contributed by atoms with E-state index < -0.39 is 0 Å². The van der Waals surface area contributed by atoms with Crippen LogP contribution < -0.4 is 0 Å². The SMILES string of the molecule is CN(CC(=O)N1CC[C@H](Cc2ccc(CO)cc2)C1)Cc1ccc(F)cc1. The second kappa shape index (κ2) is 9.11. The fourth-order valence-corrected chi connectivity index (χ4v) is 3.63. The minimum absolute atomic E-state index is 0.0669. The number of likely N-dealkylation sites (N-methyl/N-ethyl adjacent to an activating group) is 1. The number of rotatable bonds is 7. The Bertz CT molecular complexity index is 746. The Morgan fingerprint density at radius 3 is 2.41 bits per heavy atom. The van der Waals surface area contributed by atoms with E-state index in [2.05, 4.69) is 12.1 Å². The van der Waals surface area contributed by atoms with Gasteiger partial charge in [-0.1, -0.05) is 36.4 Å². The average Bonchev–Trinajstić information content (AvgIpc) is 3.13. The van der Waals surface area contributed by atoms with E-state index in [0.29, 0.717) is 19.0 Å². The molecule has 0 unspecified atom stereocenters. The standard InChI is InChI=1S/C22H27FN2O2/c1-24(13-18-6-8-21(23)9-7-18)15-22(27)25-11-10-20(14-25)12-17-2-4-19(16-26)5-3-17/h2-9,20,26H,10-16H2,1H3/t20-/m1/s1. The number of hydrogen-bond acceptors (Lipinski definition) is 3. The van der Waals surface area contributed by atoms with Gasteiger partial charge in [-0.2, -0.15) is 0 Å². The van der Waals surface area contributed by atoms with Gasteiger partial charge in [0.15, 0.2) is 0 Å². The molecule has 1 atom stereocenters. The minimum atomic E-state index is -0.244. The molecule has 1 aliphatic rings. The Labute approximate surface area is 160 Å². The molecule has 0 radical (unpaired) electrons. The molecule has 1 aliphatic heterocycles. The van der Waals surface area contributed by atoms with Gasteiger partial charge in [-0.25, -0.2) is 4.39 Å². The summed E-state index contributed by atoms with van der Waals surface area (Å²) >= 11 is 0. The number of benzene rings is 2. The Kier molecular flexibility index (Phi) is 6.58. The molecule has 27 heavy (non-hydrogen) atoms. The molecule has 1 heterocycles. The molecule has 1 saturated heterocycles. The van der Waals surface area contributed by atoms with Gasteiger partial charge in [0.1, 0.15) is 5.82 Å². The van der Waals surface area contributed by atoms with Crippen LogP contribution in [0, 0.1) is 11.7 Å². The van der Waals surface area contributed by atoms with Gasteiger partial charge in [0.2, 0.25) is 5.91 Å². The third kappa shape index (κ3) is 5.62. The lowest BCUT2D eigenvalue weighted by molar-refractivity contribution is -0.131. The van der Waals surface area contributed by atoms with Crippen LogP contribution in [-0.4, -0.2) is 47.5 Å². The van der Waals surface area contributed by atoms with E-state index in [1.165, 1.54) is 17.7 Å². The van der Waals surface area contributed by atoms with Crippen molar-refractivity contribution in [2.45, 2.75) is 26.0 Å². The van der Waals surface area contributed by atoms with Crippen LogP contribution >= 0.6 is 0 Å². The Morgan fingerprint density at radius 2 is 1.74 bits per heavy atom. The van der Waals surface area contributed by atoms with Gasteiger partial charge in [-0.3, -0.25) is 9.69 Å². The molecule has 0 bridgehead atoms. The van der Waals surface area contributed by atoms with Crippen molar-refractivity contribution in [2.24, 2.45) is 5.92 Å². The second-order valence-corrected chi connectivity index (χ2v) is 7.47. The first-order valence-corrected chi connectivity index (χ1v) is 9.43. The third-order valence-electron chi connectivity index (χ3n) is 5.14. The van der Waals surface area contributed by atoms with E-state index in [-0.39, 0.29) is 18.3 Å². The van der Waals surface area contributed by atoms with Crippen molar-refractivity contribution < 1.29 is 14.3 Å². The fraction of sp³-hybridized carbons (Fsp3) is 0.409. The quantitative estimate of drug-likeness (QED) is 0.815. The first kappa shape index (κ1) is 19.5. The smallest absolute Gasteiger partial charge is 0.236 e. The zero-order valence-electron chi connectivity index (χ0n) is 15.8. The lowest BCUT2D eigenvalue weighted by atomic mass is 9.98. The number of carbonyl (C=O) groups excluding carboxylic acids is 1. The highest BCUT2D eigenvalue weighted by Crippen LogP contribution is 2.21. The first-order chi connectivity index (χ1) is 13.0. The number of aliphatic hydroxyl groups excluding tert-OH is 1. The van der Waals surface area contributed by atoms with Crippen molar-refractivity contribution in [3.63, 3.8) is 0 Å². The summed E-state index contributed by atoms with van der Waals surface area (Å²) in [7, 11) is 1.91. The summed E-state index contributed by atoms with van der Waals surface area (Å²) in [4.78, 5) is 16.5. The summed E-state index contributed by atoms with van der Waals surface area (Å²) in [6, 6.07) is 14.4. The molecule has 3 rings (SSSR count). The van der Waals surface area contributed by atoms with Gasteiger partial charge in [-0.05, 0) is 54.6 Å². The van der Waals surface area contributed by atoms with E-state index >= 15 is 0 Å². The van der Waals surface area contributed by atoms with Crippen molar-refractivity contribution in [2.75, 3.05) is 26.7 Å². The largest absolute Gasteiger partial charge is 0.392 e. The number of carbonyl (C=O) groups is 1. The molecule has 1 N–H and O–H groups in total. The molecule has 5 heteroatoms. The number of halogens is 1. The Balaban J connectivity index is 1.45. The molecule has 2 aromatic rings. The van der Waals surface area contributed by atoms with E-state index in [4.69, 9.17) is 5.11 Å². The van der Waals surface area contributed by atoms with Gasteiger partial charge in [0.25, 0.3) is 0 Å². The van der Waals surface area contributed by atoms with Gasteiger partial charge in [0, 0.05) is 19.6 Å². The zero-order chi connectivity index (χ0) is 19.2. The number of nitrogens with zero attached hydrogens (tertiary/aromatic N) is 2. The van der Waals surface area contributed by atoms with Crippen molar-refractivity contribution in [3.8, 4) is 0 Å². The molecule has 0 spiro atoms. The van der Waals surface area contributed by atoms with Gasteiger partial charge in [-0.15, -0.1) is 0 Å². The molecule has 0 saturated carbocycles. The highest BCUT2D eigenvalue weighted by molar-refractivity contribution is 5.78. The van der Waals surface area contributed by atoms with Crippen molar-refractivity contribution in [1.82, 2.24) is 9.80 Å². The van der Waals surface area contributed by atoms with Crippen molar-refractivity contribution >= 4 is 5.91 Å². The maximum atomic E-state index is 13.0. The van der Waals surface area contributed by atoms with Crippen LogP contribution in [0.2, 0.25) is 0 Å². The van der Waals surface area contributed by atoms with Crippen LogP contribution in [0.15, 0.2) is 48.5 Å². The highest BCUT2D eigenvalue weighted by Gasteiger charge is 2.26. The number of aliphatic hydroxyl groups is 1. The summed E-state index contributed by atoms with van der Waals surface area (Å²) in [6.45, 7) is 2.67. The monoisotopic (exact) mass is 370 g/mol. The van der Waals surface area contributed by atoms with E-state index in [1.807, 2.05) is 29.0 Å². The zero-order valence-corrected chi connectivity index (χ0v) is 15.8. The van der Waals surface area contributed by atoms with E-state index in [9.17, 15) is 9.18 Å².